The number of carbonyl (C=O) groups is 1. The summed E-state index contributed by atoms with van der Waals surface area (Å²) in [5, 5.41) is 1.90. The molecular formula is C11H5Br3OS. The average Bonchev–Trinajstić information content (AvgIpc) is 2.59. The van der Waals surface area contributed by atoms with Gasteiger partial charge in [-0.3, -0.25) is 4.79 Å². The third kappa shape index (κ3) is 2.47. The van der Waals surface area contributed by atoms with E-state index in [1.807, 2.05) is 29.6 Å². The number of halogens is 3. The second kappa shape index (κ2) is 5.12. The number of thiophene rings is 1. The number of hydrogen-bond acceptors (Lipinski definition) is 2. The predicted octanol–water partition coefficient (Wildman–Crippen LogP) is 5.27. The van der Waals surface area contributed by atoms with Gasteiger partial charge in [-0.1, -0.05) is 28.1 Å². The van der Waals surface area contributed by atoms with E-state index in [1.54, 1.807) is 0 Å². The molecule has 0 aliphatic heterocycles. The Bertz CT molecular complexity index is 548. The van der Waals surface area contributed by atoms with E-state index in [0.29, 0.717) is 10.4 Å². The van der Waals surface area contributed by atoms with Crippen molar-refractivity contribution in [3.63, 3.8) is 0 Å². The Labute approximate surface area is 122 Å². The minimum absolute atomic E-state index is 0.0314. The van der Waals surface area contributed by atoms with E-state index in [4.69, 9.17) is 0 Å². The van der Waals surface area contributed by atoms with Crippen molar-refractivity contribution in [1.82, 2.24) is 0 Å². The fourth-order valence-corrected chi connectivity index (χ4v) is 3.75. The van der Waals surface area contributed by atoms with Crippen molar-refractivity contribution in [3.8, 4) is 0 Å². The molecule has 1 heterocycles. The van der Waals surface area contributed by atoms with Crippen LogP contribution in [0.5, 0.6) is 0 Å². The van der Waals surface area contributed by atoms with Crippen molar-refractivity contribution in [3.05, 3.63) is 53.5 Å². The van der Waals surface area contributed by atoms with Crippen LogP contribution in [0.4, 0.5) is 0 Å². The van der Waals surface area contributed by atoms with E-state index in [1.165, 1.54) is 11.3 Å². The van der Waals surface area contributed by atoms with Crippen LogP contribution in [0.1, 0.15) is 15.2 Å². The van der Waals surface area contributed by atoms with Crippen LogP contribution in [0.3, 0.4) is 0 Å². The van der Waals surface area contributed by atoms with Crippen LogP contribution in [0.2, 0.25) is 0 Å². The van der Waals surface area contributed by atoms with Gasteiger partial charge in [0.1, 0.15) is 0 Å². The highest BCUT2D eigenvalue weighted by molar-refractivity contribution is 9.13. The average molecular weight is 425 g/mol. The zero-order valence-electron chi connectivity index (χ0n) is 7.84. The van der Waals surface area contributed by atoms with Gasteiger partial charge in [0.05, 0.1) is 9.35 Å². The number of hydrogen-bond donors (Lipinski definition) is 0. The van der Waals surface area contributed by atoms with Gasteiger partial charge in [-0.15, -0.1) is 11.3 Å². The van der Waals surface area contributed by atoms with Crippen LogP contribution in [0.25, 0.3) is 0 Å². The third-order valence-electron chi connectivity index (χ3n) is 1.98. The molecule has 82 valence electrons. The van der Waals surface area contributed by atoms with Crippen LogP contribution < -0.4 is 0 Å². The highest BCUT2D eigenvalue weighted by Crippen LogP contribution is 2.34. The first-order valence-electron chi connectivity index (χ1n) is 4.32. The molecule has 0 radical (unpaired) electrons. The highest BCUT2D eigenvalue weighted by Gasteiger charge is 2.16. The molecule has 16 heavy (non-hydrogen) atoms. The first-order chi connectivity index (χ1) is 7.59. The van der Waals surface area contributed by atoms with Crippen molar-refractivity contribution in [2.24, 2.45) is 0 Å². The Hall–Kier alpha value is 0.0300. The maximum atomic E-state index is 12.2. The Kier molecular flexibility index (Phi) is 4.00. The molecule has 0 aliphatic carbocycles. The van der Waals surface area contributed by atoms with Crippen LogP contribution in [-0.4, -0.2) is 5.78 Å². The Balaban J connectivity index is 2.43. The Morgan fingerprint density at radius 1 is 1.19 bits per heavy atom. The van der Waals surface area contributed by atoms with Crippen LogP contribution >= 0.6 is 59.1 Å². The van der Waals surface area contributed by atoms with Gasteiger partial charge in [0.15, 0.2) is 0 Å². The van der Waals surface area contributed by atoms with Crippen LogP contribution in [-0.2, 0) is 0 Å². The van der Waals surface area contributed by atoms with E-state index in [9.17, 15) is 4.79 Å². The van der Waals surface area contributed by atoms with Gasteiger partial charge in [-0.05, 0) is 44.0 Å². The fourth-order valence-electron chi connectivity index (χ4n) is 1.24. The normalized spacial score (nSPS) is 10.4. The van der Waals surface area contributed by atoms with Crippen molar-refractivity contribution in [2.45, 2.75) is 0 Å². The Morgan fingerprint density at radius 3 is 2.50 bits per heavy atom. The summed E-state index contributed by atoms with van der Waals surface area (Å²) in [5.74, 6) is 0.0314. The van der Waals surface area contributed by atoms with Crippen molar-refractivity contribution < 1.29 is 4.79 Å². The molecule has 2 aromatic rings. The lowest BCUT2D eigenvalue weighted by Gasteiger charge is -2.00. The molecule has 1 aromatic carbocycles. The molecule has 0 amide bonds. The zero-order chi connectivity index (χ0) is 11.7. The molecule has 0 fully saturated rings. The van der Waals surface area contributed by atoms with E-state index in [0.717, 1.165) is 13.4 Å². The summed E-state index contributed by atoms with van der Waals surface area (Å²) in [6, 6.07) is 7.39. The monoisotopic (exact) mass is 422 g/mol. The largest absolute Gasteiger partial charge is 0.288 e. The van der Waals surface area contributed by atoms with Gasteiger partial charge in [0, 0.05) is 19.9 Å². The smallest absolute Gasteiger partial charge is 0.204 e. The first kappa shape index (κ1) is 12.5. The van der Waals surface area contributed by atoms with E-state index >= 15 is 0 Å². The van der Waals surface area contributed by atoms with Crippen LogP contribution in [0, 0.1) is 0 Å². The molecule has 0 N–H and O–H groups in total. The molecule has 1 aromatic heterocycles. The molecule has 0 spiro atoms. The molecule has 5 heteroatoms. The van der Waals surface area contributed by atoms with Crippen molar-refractivity contribution in [1.29, 1.82) is 0 Å². The molecule has 2 rings (SSSR count). The minimum Gasteiger partial charge on any atom is -0.288 e. The summed E-state index contributed by atoms with van der Waals surface area (Å²) >= 11 is 11.6. The third-order valence-corrected chi connectivity index (χ3v) is 6.00. The van der Waals surface area contributed by atoms with E-state index in [2.05, 4.69) is 47.8 Å². The summed E-state index contributed by atoms with van der Waals surface area (Å²) < 4.78 is 2.64. The van der Waals surface area contributed by atoms with Gasteiger partial charge in [0.2, 0.25) is 5.78 Å². The van der Waals surface area contributed by atoms with Gasteiger partial charge < -0.3 is 0 Å². The van der Waals surface area contributed by atoms with Crippen LogP contribution in [0.15, 0.2) is 43.1 Å². The highest BCUT2D eigenvalue weighted by atomic mass is 79.9. The summed E-state index contributed by atoms with van der Waals surface area (Å²) in [7, 11) is 0. The molecule has 0 aliphatic rings. The second-order valence-corrected chi connectivity index (χ2v) is 6.51. The minimum atomic E-state index is 0.0314. The Morgan fingerprint density at radius 2 is 1.94 bits per heavy atom. The molecule has 1 nitrogen and oxygen atoms in total. The van der Waals surface area contributed by atoms with E-state index < -0.39 is 0 Å². The number of carbonyl (C=O) groups excluding carboxylic acids is 1. The van der Waals surface area contributed by atoms with Crippen molar-refractivity contribution in [2.75, 3.05) is 0 Å². The first-order valence-corrected chi connectivity index (χ1v) is 7.58. The number of ketones is 1. The van der Waals surface area contributed by atoms with Gasteiger partial charge in [-0.25, -0.2) is 0 Å². The summed E-state index contributed by atoms with van der Waals surface area (Å²) in [4.78, 5) is 12.9. The molecule has 0 atom stereocenters. The quantitative estimate of drug-likeness (QED) is 0.600. The number of rotatable bonds is 2. The molecule has 0 saturated heterocycles. The lowest BCUT2D eigenvalue weighted by molar-refractivity contribution is 0.104. The maximum absolute atomic E-state index is 12.2. The lowest BCUT2D eigenvalue weighted by Crippen LogP contribution is -1.98. The summed E-state index contributed by atoms with van der Waals surface area (Å²) in [5.41, 5.74) is 0.685. The molecular weight excluding hydrogens is 420 g/mol. The SMILES string of the molecule is O=C(c1cccc(Br)c1)c1scc(Br)c1Br. The second-order valence-electron chi connectivity index (χ2n) is 3.07. The maximum Gasteiger partial charge on any atom is 0.204 e. The summed E-state index contributed by atoms with van der Waals surface area (Å²) in [6.07, 6.45) is 0. The summed E-state index contributed by atoms with van der Waals surface area (Å²) in [6.45, 7) is 0. The van der Waals surface area contributed by atoms with Gasteiger partial charge in [-0.2, -0.15) is 0 Å². The molecule has 0 bridgehead atoms. The fraction of sp³-hybridized carbons (Fsp3) is 0. The molecule has 0 unspecified atom stereocenters. The molecule has 0 saturated carbocycles. The lowest BCUT2D eigenvalue weighted by atomic mass is 10.1. The topological polar surface area (TPSA) is 17.1 Å². The standard InChI is InChI=1S/C11H5Br3OS/c12-7-3-1-2-6(4-7)10(15)11-9(14)8(13)5-16-11/h1-5H. The van der Waals surface area contributed by atoms with E-state index in [-0.39, 0.29) is 5.78 Å². The van der Waals surface area contributed by atoms with Crippen molar-refractivity contribution >= 4 is 64.9 Å². The predicted molar refractivity (Wildman–Crippen MR) is 77.3 cm³/mol. The van der Waals surface area contributed by atoms with Gasteiger partial charge in [0.25, 0.3) is 0 Å². The zero-order valence-corrected chi connectivity index (χ0v) is 13.4. The van der Waals surface area contributed by atoms with Gasteiger partial charge >= 0.3 is 0 Å². The number of benzene rings is 1.